The zero-order chi connectivity index (χ0) is 0. The van der Waals surface area contributed by atoms with Gasteiger partial charge in [0.25, 0.3) is 0 Å². The minimum Gasteiger partial charge on any atom is -0.412 e. The molecule has 1 atom stereocenters. The molecule has 0 saturated carbocycles. The van der Waals surface area contributed by atoms with Crippen LogP contribution in [0, 0.1) is 0 Å². The molecule has 25 valence electrons. The molecule has 2 N–H and O–H groups in total. The predicted octanol–water partition coefficient (Wildman–Crippen LogP) is -1.53. The molecule has 0 aliphatic heterocycles. The van der Waals surface area contributed by atoms with Gasteiger partial charge in [0.15, 0.2) is 0 Å². The largest absolute Gasteiger partial charge is 0.412 e. The van der Waals surface area contributed by atoms with E-state index in [9.17, 15) is 0 Å². The van der Waals surface area contributed by atoms with Crippen LogP contribution in [0.2, 0.25) is 0 Å². The van der Waals surface area contributed by atoms with Gasteiger partial charge >= 0.3 is 0 Å². The standard InChI is InChI=1S/Na.H2O.H3P.Si.Zr/h;1H2;1H3;;. The smallest absolute Gasteiger partial charge is 0 e. The molecule has 5 radical (unpaired) electrons. The maximum Gasteiger partial charge on any atom is 0 e. The van der Waals surface area contributed by atoms with Crippen molar-refractivity contribution in [3.63, 3.8) is 0 Å². The summed E-state index contributed by atoms with van der Waals surface area (Å²) in [6.45, 7) is 0. The molecule has 0 amide bonds. The maximum atomic E-state index is 0. The average molecular weight is 194 g/mol. The average Bonchev–Trinajstić information content (AvgIpc) is 0. The summed E-state index contributed by atoms with van der Waals surface area (Å²) in [7, 11) is 0. The molecule has 0 aromatic rings. The molecule has 0 heterocycles. The fraction of sp³-hybridized carbons (Fsp3) is 0. The Morgan fingerprint density at radius 3 is 1.00 bits per heavy atom. The molecule has 0 spiro atoms. The molecule has 1 nitrogen and oxygen atoms in total. The first kappa shape index (κ1) is 50.9. The van der Waals surface area contributed by atoms with E-state index in [0.29, 0.717) is 0 Å². The molecule has 0 fully saturated rings. The quantitative estimate of drug-likeness (QED) is 0.331. The van der Waals surface area contributed by atoms with Crippen molar-refractivity contribution in [2.45, 2.75) is 0 Å². The summed E-state index contributed by atoms with van der Waals surface area (Å²) in [5.41, 5.74) is 0. The van der Waals surface area contributed by atoms with E-state index < -0.39 is 0 Å². The first-order chi connectivity index (χ1) is 0. The van der Waals surface area contributed by atoms with E-state index in [0.717, 1.165) is 0 Å². The van der Waals surface area contributed by atoms with E-state index in [-0.39, 0.29) is 82.1 Å². The van der Waals surface area contributed by atoms with Crippen molar-refractivity contribution in [2.75, 3.05) is 0 Å². The van der Waals surface area contributed by atoms with Crippen molar-refractivity contribution in [2.24, 2.45) is 0 Å². The molecule has 0 saturated heterocycles. The van der Waals surface area contributed by atoms with E-state index >= 15 is 0 Å². The second-order valence-electron chi connectivity index (χ2n) is 0. The van der Waals surface area contributed by atoms with E-state index in [1.807, 2.05) is 0 Å². The van der Waals surface area contributed by atoms with Crippen LogP contribution < -0.4 is 0 Å². The van der Waals surface area contributed by atoms with Gasteiger partial charge in [-0.1, -0.05) is 0 Å². The Morgan fingerprint density at radius 1 is 1.00 bits per heavy atom. The van der Waals surface area contributed by atoms with E-state index in [1.165, 1.54) is 0 Å². The molecule has 5 heteroatoms. The van der Waals surface area contributed by atoms with Crippen molar-refractivity contribution in [3.8, 4) is 0 Å². The van der Waals surface area contributed by atoms with Gasteiger partial charge in [-0.15, -0.1) is 0 Å². The van der Waals surface area contributed by atoms with Crippen LogP contribution >= 0.6 is 9.90 Å². The Kier molecular flexibility index (Phi) is 321. The molecule has 0 aliphatic rings. The molecule has 5 heavy (non-hydrogen) atoms. The normalized spacial score (nSPS) is 0. The van der Waals surface area contributed by atoms with Gasteiger partial charge in [-0.05, 0) is 0 Å². The van der Waals surface area contributed by atoms with Crippen LogP contribution in [0.5, 0.6) is 0 Å². The van der Waals surface area contributed by atoms with Gasteiger partial charge < -0.3 is 5.48 Å². The Hall–Kier alpha value is 2.49. The van der Waals surface area contributed by atoms with Crippen molar-refractivity contribution in [1.82, 2.24) is 0 Å². The van der Waals surface area contributed by atoms with Crippen molar-refractivity contribution >= 4 is 50.4 Å². The third kappa shape index (κ3) is 21.1. The number of hydrogen-bond donors (Lipinski definition) is 0. The first-order valence-corrected chi connectivity index (χ1v) is 0. The summed E-state index contributed by atoms with van der Waals surface area (Å²) in [5, 5.41) is 0. The first-order valence-electron chi connectivity index (χ1n) is 0. The summed E-state index contributed by atoms with van der Waals surface area (Å²) in [6.07, 6.45) is 0. The van der Waals surface area contributed by atoms with Gasteiger partial charge in [0.1, 0.15) is 0 Å². The second-order valence-corrected chi connectivity index (χ2v) is 0. The molecule has 0 aromatic carbocycles. The van der Waals surface area contributed by atoms with Gasteiger partial charge in [-0.2, -0.15) is 9.90 Å². The van der Waals surface area contributed by atoms with Crippen LogP contribution in [0.15, 0.2) is 0 Å². The van der Waals surface area contributed by atoms with E-state index in [1.54, 1.807) is 0 Å². The van der Waals surface area contributed by atoms with E-state index in [2.05, 4.69) is 0 Å². The van der Waals surface area contributed by atoms with Gasteiger partial charge in [0.05, 0.1) is 0 Å². The molecule has 1 unspecified atom stereocenters. The van der Waals surface area contributed by atoms with Gasteiger partial charge in [-0.3, -0.25) is 0 Å². The Morgan fingerprint density at radius 2 is 1.00 bits per heavy atom. The SMILES string of the molecule is O.P.[Na].[Si].[Zr]. The van der Waals surface area contributed by atoms with Gasteiger partial charge in [0.2, 0.25) is 0 Å². The topological polar surface area (TPSA) is 31.5 Å². The molecular formula is H5NaOPSiZr. The molecule has 0 rings (SSSR count). The summed E-state index contributed by atoms with van der Waals surface area (Å²) in [6, 6.07) is 0. The fourth-order valence-corrected chi connectivity index (χ4v) is 0. The van der Waals surface area contributed by atoms with Crippen molar-refractivity contribution in [1.29, 1.82) is 0 Å². The monoisotopic (exact) mass is 193 g/mol. The summed E-state index contributed by atoms with van der Waals surface area (Å²) in [5.74, 6) is 0. The van der Waals surface area contributed by atoms with Gasteiger partial charge in [-0.25, -0.2) is 0 Å². The third-order valence-electron chi connectivity index (χ3n) is 0. The number of hydrogen-bond acceptors (Lipinski definition) is 0. The van der Waals surface area contributed by atoms with Crippen LogP contribution in [0.1, 0.15) is 0 Å². The van der Waals surface area contributed by atoms with Crippen molar-refractivity contribution < 1.29 is 31.7 Å². The molecule has 0 bridgehead atoms. The molecular weight excluding hydrogens is 189 g/mol. The molecule has 0 aromatic heterocycles. The van der Waals surface area contributed by atoms with E-state index in [4.69, 9.17) is 0 Å². The second kappa shape index (κ2) is 31.5. The fourth-order valence-electron chi connectivity index (χ4n) is 0. The Bertz CT molecular complexity index is 11.6. The Balaban J connectivity index is 0. The minimum atomic E-state index is 0. The summed E-state index contributed by atoms with van der Waals surface area (Å²) in [4.78, 5) is 0. The zero-order valence-corrected chi connectivity index (χ0v) is 10.1. The predicted molar refractivity (Wildman–Crippen MR) is 26.2 cm³/mol. The minimum absolute atomic E-state index is 0. The zero-order valence-electron chi connectivity index (χ0n) is 3.21. The Labute approximate surface area is 81.0 Å². The van der Waals surface area contributed by atoms with Crippen molar-refractivity contribution in [3.05, 3.63) is 0 Å². The van der Waals surface area contributed by atoms with Crippen LogP contribution in [0.25, 0.3) is 0 Å². The summed E-state index contributed by atoms with van der Waals surface area (Å²) >= 11 is 0. The van der Waals surface area contributed by atoms with Crippen LogP contribution in [0.4, 0.5) is 0 Å². The summed E-state index contributed by atoms with van der Waals surface area (Å²) < 4.78 is 0. The number of rotatable bonds is 0. The maximum absolute atomic E-state index is 0. The molecule has 0 aliphatic carbocycles. The third-order valence-corrected chi connectivity index (χ3v) is 0. The van der Waals surface area contributed by atoms with Crippen LogP contribution in [-0.4, -0.2) is 46.0 Å². The van der Waals surface area contributed by atoms with Gasteiger partial charge in [0, 0.05) is 66.7 Å². The van der Waals surface area contributed by atoms with Crippen LogP contribution in [-0.2, 0) is 26.2 Å². The van der Waals surface area contributed by atoms with Crippen LogP contribution in [0.3, 0.4) is 0 Å².